The van der Waals surface area contributed by atoms with E-state index >= 15 is 0 Å². The lowest BCUT2D eigenvalue weighted by atomic mass is 10.4. The van der Waals surface area contributed by atoms with E-state index in [0.717, 1.165) is 23.3 Å². The smallest absolute Gasteiger partial charge is 0.239 e. The number of carbonyl (C=O) groups excluding carboxylic acids is 1. The summed E-state index contributed by atoms with van der Waals surface area (Å²) in [5.74, 6) is 1.32. The molecular weight excluding hydrogens is 338 g/mol. The molecule has 0 fully saturated rings. The van der Waals surface area contributed by atoms with Crippen LogP contribution in [0.1, 0.15) is 13.3 Å². The summed E-state index contributed by atoms with van der Waals surface area (Å²) in [5, 5.41) is 5.98. The summed E-state index contributed by atoms with van der Waals surface area (Å²) in [6.45, 7) is 4.12. The highest BCUT2D eigenvalue weighted by Crippen LogP contribution is 2.28. The van der Waals surface area contributed by atoms with Crippen molar-refractivity contribution in [2.24, 2.45) is 0 Å². The Morgan fingerprint density at radius 2 is 2.19 bits per heavy atom. The highest BCUT2D eigenvalue weighted by atomic mass is 79.9. The first-order valence-electron chi connectivity index (χ1n) is 6.81. The quantitative estimate of drug-likeness (QED) is 0.646. The predicted molar refractivity (Wildman–Crippen MR) is 86.7 cm³/mol. The number of likely N-dealkylation sites (N-methyl/N-ethyl adjacent to an activating group) is 1. The third-order valence-corrected chi connectivity index (χ3v) is 3.41. The Morgan fingerprint density at radius 1 is 1.43 bits per heavy atom. The summed E-state index contributed by atoms with van der Waals surface area (Å²) in [6, 6.07) is 0. The van der Waals surface area contributed by atoms with E-state index in [9.17, 15) is 4.79 Å². The number of amides is 1. The van der Waals surface area contributed by atoms with Gasteiger partial charge in [0, 0.05) is 27.2 Å². The minimum Gasteiger partial charge on any atom is -0.383 e. The molecular formula is C13H22BrN5O2. The van der Waals surface area contributed by atoms with Crippen molar-refractivity contribution in [2.75, 3.05) is 50.6 Å². The Hall–Kier alpha value is -1.41. The molecule has 0 spiro atoms. The summed E-state index contributed by atoms with van der Waals surface area (Å²) in [5.41, 5.74) is 0. The number of nitrogens with one attached hydrogen (secondary N) is 2. The molecule has 0 aromatic carbocycles. The van der Waals surface area contributed by atoms with Crippen LogP contribution in [0.5, 0.6) is 0 Å². The average molecular weight is 360 g/mol. The van der Waals surface area contributed by atoms with Gasteiger partial charge < -0.3 is 20.3 Å². The number of ether oxygens (including phenoxy) is 1. The number of hydrogen-bond acceptors (Lipinski definition) is 6. The molecule has 1 rings (SSSR count). The number of carbonyl (C=O) groups is 1. The molecule has 0 unspecified atom stereocenters. The number of nitrogens with zero attached hydrogens (tertiary/aromatic N) is 3. The van der Waals surface area contributed by atoms with Crippen molar-refractivity contribution in [1.29, 1.82) is 0 Å². The van der Waals surface area contributed by atoms with Gasteiger partial charge in [-0.15, -0.1) is 0 Å². The Balaban J connectivity index is 2.64. The van der Waals surface area contributed by atoms with Gasteiger partial charge in [-0.1, -0.05) is 6.92 Å². The van der Waals surface area contributed by atoms with Crippen LogP contribution in [0.4, 0.5) is 11.6 Å². The van der Waals surface area contributed by atoms with Gasteiger partial charge in [0.05, 0.1) is 13.2 Å². The van der Waals surface area contributed by atoms with Gasteiger partial charge >= 0.3 is 0 Å². The average Bonchev–Trinajstić information content (AvgIpc) is 2.46. The Bertz CT molecular complexity index is 458. The first-order valence-corrected chi connectivity index (χ1v) is 7.60. The fourth-order valence-electron chi connectivity index (χ4n) is 1.63. The van der Waals surface area contributed by atoms with Crippen LogP contribution in [0.3, 0.4) is 0 Å². The van der Waals surface area contributed by atoms with Gasteiger partial charge in [0.15, 0.2) is 0 Å². The normalized spacial score (nSPS) is 10.3. The Labute approximate surface area is 133 Å². The van der Waals surface area contributed by atoms with E-state index in [2.05, 4.69) is 43.5 Å². The van der Waals surface area contributed by atoms with Crippen molar-refractivity contribution >= 4 is 33.5 Å². The van der Waals surface area contributed by atoms with Gasteiger partial charge in [0.2, 0.25) is 5.91 Å². The predicted octanol–water partition coefficient (Wildman–Crippen LogP) is 1.26. The topological polar surface area (TPSA) is 79.4 Å². The van der Waals surface area contributed by atoms with E-state index in [0.29, 0.717) is 19.0 Å². The minimum atomic E-state index is -0.0804. The monoisotopic (exact) mass is 359 g/mol. The van der Waals surface area contributed by atoms with Crippen LogP contribution in [-0.2, 0) is 9.53 Å². The first-order chi connectivity index (χ1) is 10.1. The number of aromatic nitrogens is 2. The fourth-order valence-corrected chi connectivity index (χ4v) is 2.28. The van der Waals surface area contributed by atoms with Crippen molar-refractivity contribution < 1.29 is 9.53 Å². The van der Waals surface area contributed by atoms with Gasteiger partial charge in [0.1, 0.15) is 22.4 Å². The van der Waals surface area contributed by atoms with Gasteiger partial charge in [-0.05, 0) is 22.4 Å². The highest BCUT2D eigenvalue weighted by Gasteiger charge is 2.14. The molecule has 1 aromatic rings. The molecule has 0 atom stereocenters. The lowest BCUT2D eigenvalue weighted by Gasteiger charge is -2.20. The van der Waals surface area contributed by atoms with Crippen molar-refractivity contribution in [1.82, 2.24) is 15.3 Å². The molecule has 2 N–H and O–H groups in total. The summed E-state index contributed by atoms with van der Waals surface area (Å²) in [7, 11) is 3.41. The molecule has 7 nitrogen and oxygen atoms in total. The molecule has 1 aromatic heterocycles. The zero-order valence-electron chi connectivity index (χ0n) is 12.6. The molecule has 0 saturated carbocycles. The molecule has 8 heteroatoms. The number of methoxy groups -OCH3 is 1. The van der Waals surface area contributed by atoms with Crippen LogP contribution >= 0.6 is 15.9 Å². The van der Waals surface area contributed by atoms with E-state index in [1.54, 1.807) is 12.0 Å². The van der Waals surface area contributed by atoms with E-state index in [1.807, 2.05) is 7.05 Å². The number of halogens is 1. The minimum absolute atomic E-state index is 0.0804. The first kappa shape index (κ1) is 17.6. The van der Waals surface area contributed by atoms with Crippen molar-refractivity contribution in [2.45, 2.75) is 13.3 Å². The van der Waals surface area contributed by atoms with Crippen molar-refractivity contribution in [3.8, 4) is 0 Å². The Morgan fingerprint density at radius 3 is 2.86 bits per heavy atom. The molecule has 21 heavy (non-hydrogen) atoms. The third kappa shape index (κ3) is 5.84. The maximum atomic E-state index is 11.8. The summed E-state index contributed by atoms with van der Waals surface area (Å²) in [6.07, 6.45) is 2.49. The molecule has 1 heterocycles. The van der Waals surface area contributed by atoms with Crippen LogP contribution in [0.15, 0.2) is 10.8 Å². The van der Waals surface area contributed by atoms with Crippen LogP contribution in [0.2, 0.25) is 0 Å². The third-order valence-electron chi connectivity index (χ3n) is 2.68. The molecule has 0 bridgehead atoms. The largest absolute Gasteiger partial charge is 0.383 e. The summed E-state index contributed by atoms with van der Waals surface area (Å²) >= 11 is 3.48. The number of hydrogen-bond donors (Lipinski definition) is 2. The Kier molecular flexibility index (Phi) is 7.99. The van der Waals surface area contributed by atoms with Crippen LogP contribution < -0.4 is 15.5 Å². The lowest BCUT2D eigenvalue weighted by molar-refractivity contribution is -0.119. The maximum absolute atomic E-state index is 11.8. The SMILES string of the molecule is CCCNc1ncnc(N(C)CC(=O)NCCOC)c1Br. The van der Waals surface area contributed by atoms with Crippen molar-refractivity contribution in [3.63, 3.8) is 0 Å². The molecule has 0 aliphatic rings. The van der Waals surface area contributed by atoms with E-state index in [-0.39, 0.29) is 12.5 Å². The second kappa shape index (κ2) is 9.51. The summed E-state index contributed by atoms with van der Waals surface area (Å²) < 4.78 is 5.64. The molecule has 0 saturated heterocycles. The zero-order chi connectivity index (χ0) is 15.7. The van der Waals surface area contributed by atoms with Crippen LogP contribution in [-0.4, -0.2) is 56.3 Å². The van der Waals surface area contributed by atoms with Crippen molar-refractivity contribution in [3.05, 3.63) is 10.8 Å². The van der Waals surface area contributed by atoms with Crippen LogP contribution in [0.25, 0.3) is 0 Å². The lowest BCUT2D eigenvalue weighted by Crippen LogP contribution is -2.37. The van der Waals surface area contributed by atoms with Gasteiger partial charge in [0.25, 0.3) is 0 Å². The summed E-state index contributed by atoms with van der Waals surface area (Å²) in [4.78, 5) is 22.0. The molecule has 0 aliphatic heterocycles. The van der Waals surface area contributed by atoms with Gasteiger partial charge in [-0.25, -0.2) is 9.97 Å². The molecule has 118 valence electrons. The molecule has 0 aliphatic carbocycles. The standard InChI is InChI=1S/C13H22BrN5O2/c1-4-5-16-12-11(14)13(18-9-17-12)19(2)8-10(20)15-6-7-21-3/h9H,4-8H2,1-3H3,(H,15,20)(H,16,17,18). The van der Waals surface area contributed by atoms with E-state index in [4.69, 9.17) is 4.74 Å². The highest BCUT2D eigenvalue weighted by molar-refractivity contribution is 9.10. The van der Waals surface area contributed by atoms with E-state index < -0.39 is 0 Å². The van der Waals surface area contributed by atoms with Crippen LogP contribution in [0, 0.1) is 0 Å². The number of rotatable bonds is 9. The van der Waals surface area contributed by atoms with Gasteiger partial charge in [-0.3, -0.25) is 4.79 Å². The fraction of sp³-hybridized carbons (Fsp3) is 0.615. The second-order valence-corrected chi connectivity index (χ2v) is 5.28. The second-order valence-electron chi connectivity index (χ2n) is 4.49. The zero-order valence-corrected chi connectivity index (χ0v) is 14.2. The molecule has 1 amide bonds. The molecule has 0 radical (unpaired) electrons. The van der Waals surface area contributed by atoms with Gasteiger partial charge in [-0.2, -0.15) is 0 Å². The maximum Gasteiger partial charge on any atom is 0.239 e. The number of anilines is 2. The van der Waals surface area contributed by atoms with E-state index in [1.165, 1.54) is 6.33 Å².